The summed E-state index contributed by atoms with van der Waals surface area (Å²) in [6.07, 6.45) is 3.95. The monoisotopic (exact) mass is 365 g/mol. The van der Waals surface area contributed by atoms with Crippen molar-refractivity contribution in [2.24, 2.45) is 0 Å². The zero-order chi connectivity index (χ0) is 19.5. The molecule has 1 fully saturated rings. The number of alkyl carbamates (subject to hydrolysis) is 1. The Kier molecular flexibility index (Phi) is 5.58. The van der Waals surface area contributed by atoms with Gasteiger partial charge in [0.25, 0.3) is 0 Å². The Labute approximate surface area is 153 Å². The van der Waals surface area contributed by atoms with Crippen molar-refractivity contribution < 1.29 is 19.1 Å². The number of nitrogens with zero attached hydrogens (tertiary/aromatic N) is 4. The lowest BCUT2D eigenvalue weighted by molar-refractivity contribution is -0.138. The van der Waals surface area contributed by atoms with Gasteiger partial charge in [-0.15, -0.1) is 0 Å². The number of piperazine rings is 1. The maximum atomic E-state index is 12.8. The summed E-state index contributed by atoms with van der Waals surface area (Å²) >= 11 is 0. The standard InChI is InChI=1S/C17H27N5O4/c1-16(2,3)26-14(24)19-17(4,5)13(23)20-8-10-21(11-9-20)15(25)22-7-6-18-12-22/h6-7,12H,8-11H2,1-5H3,(H,19,24). The molecule has 0 unspecified atom stereocenters. The largest absolute Gasteiger partial charge is 0.444 e. The highest BCUT2D eigenvalue weighted by molar-refractivity contribution is 5.89. The zero-order valence-electron chi connectivity index (χ0n) is 16.0. The first-order valence-corrected chi connectivity index (χ1v) is 8.57. The molecule has 1 aliphatic heterocycles. The van der Waals surface area contributed by atoms with Crippen LogP contribution in [0.4, 0.5) is 9.59 Å². The van der Waals surface area contributed by atoms with Crippen molar-refractivity contribution in [2.75, 3.05) is 26.2 Å². The summed E-state index contributed by atoms with van der Waals surface area (Å²) in [5.41, 5.74) is -1.73. The van der Waals surface area contributed by atoms with E-state index in [1.165, 1.54) is 10.9 Å². The Morgan fingerprint density at radius 3 is 2.08 bits per heavy atom. The molecule has 0 spiro atoms. The third kappa shape index (κ3) is 4.96. The van der Waals surface area contributed by atoms with Gasteiger partial charge >= 0.3 is 12.1 Å². The first-order valence-electron chi connectivity index (χ1n) is 8.57. The van der Waals surface area contributed by atoms with E-state index in [9.17, 15) is 14.4 Å². The molecule has 0 aromatic carbocycles. The molecule has 1 aromatic rings. The van der Waals surface area contributed by atoms with Gasteiger partial charge in [-0.05, 0) is 34.6 Å². The van der Waals surface area contributed by atoms with E-state index in [0.29, 0.717) is 26.2 Å². The topological polar surface area (TPSA) is 96.8 Å². The molecule has 3 amide bonds. The molecule has 2 rings (SSSR count). The summed E-state index contributed by atoms with van der Waals surface area (Å²) in [5, 5.41) is 2.62. The van der Waals surface area contributed by atoms with Crippen molar-refractivity contribution in [3.8, 4) is 0 Å². The number of nitrogens with one attached hydrogen (secondary N) is 1. The first kappa shape index (κ1) is 19.7. The molecule has 1 saturated heterocycles. The van der Waals surface area contributed by atoms with Gasteiger partial charge in [0.1, 0.15) is 17.5 Å². The molecule has 0 atom stereocenters. The van der Waals surface area contributed by atoms with Crippen LogP contribution in [0.5, 0.6) is 0 Å². The van der Waals surface area contributed by atoms with Gasteiger partial charge in [0.05, 0.1) is 0 Å². The maximum absolute atomic E-state index is 12.8. The molecule has 2 heterocycles. The number of carbonyl (C=O) groups excluding carboxylic acids is 3. The number of hydrogen-bond donors (Lipinski definition) is 1. The van der Waals surface area contributed by atoms with Crippen molar-refractivity contribution in [3.63, 3.8) is 0 Å². The summed E-state index contributed by atoms with van der Waals surface area (Å²) in [6, 6.07) is -0.166. The number of aromatic nitrogens is 2. The highest BCUT2D eigenvalue weighted by atomic mass is 16.6. The van der Waals surface area contributed by atoms with E-state index in [1.807, 2.05) is 0 Å². The Bertz CT molecular complexity index is 655. The summed E-state index contributed by atoms with van der Waals surface area (Å²) in [6.45, 7) is 10.2. The second-order valence-electron chi connectivity index (χ2n) is 7.78. The van der Waals surface area contributed by atoms with Gasteiger partial charge in [0.15, 0.2) is 0 Å². The molecule has 26 heavy (non-hydrogen) atoms. The first-order chi connectivity index (χ1) is 12.0. The minimum absolute atomic E-state index is 0.166. The Balaban J connectivity index is 1.90. The van der Waals surface area contributed by atoms with Crippen LogP contribution in [-0.2, 0) is 9.53 Å². The molecule has 0 saturated carbocycles. The lowest BCUT2D eigenvalue weighted by atomic mass is 10.0. The van der Waals surface area contributed by atoms with Crippen LogP contribution in [0.15, 0.2) is 18.7 Å². The van der Waals surface area contributed by atoms with E-state index >= 15 is 0 Å². The second-order valence-corrected chi connectivity index (χ2v) is 7.78. The van der Waals surface area contributed by atoms with Crippen LogP contribution < -0.4 is 5.32 Å². The number of hydrogen-bond acceptors (Lipinski definition) is 5. The van der Waals surface area contributed by atoms with Gasteiger partial charge in [-0.2, -0.15) is 0 Å². The van der Waals surface area contributed by atoms with E-state index in [0.717, 1.165) is 0 Å². The molecule has 0 bridgehead atoms. The van der Waals surface area contributed by atoms with Crippen LogP contribution >= 0.6 is 0 Å². The fourth-order valence-electron chi connectivity index (χ4n) is 2.64. The van der Waals surface area contributed by atoms with Crippen LogP contribution in [0.3, 0.4) is 0 Å². The van der Waals surface area contributed by atoms with E-state index in [1.54, 1.807) is 56.8 Å². The van der Waals surface area contributed by atoms with Gasteiger partial charge in [-0.25, -0.2) is 14.6 Å². The van der Waals surface area contributed by atoms with Crippen molar-refractivity contribution in [3.05, 3.63) is 18.7 Å². The number of imidazole rings is 1. The Morgan fingerprint density at radius 2 is 1.58 bits per heavy atom. The highest BCUT2D eigenvalue weighted by Crippen LogP contribution is 2.14. The number of carbonyl (C=O) groups is 3. The molecule has 0 aliphatic carbocycles. The predicted molar refractivity (Wildman–Crippen MR) is 94.6 cm³/mol. The smallest absolute Gasteiger partial charge is 0.408 e. The molecular weight excluding hydrogens is 338 g/mol. The Morgan fingerprint density at radius 1 is 1.00 bits per heavy atom. The van der Waals surface area contributed by atoms with E-state index in [-0.39, 0.29) is 11.9 Å². The average molecular weight is 365 g/mol. The zero-order valence-corrected chi connectivity index (χ0v) is 16.0. The summed E-state index contributed by atoms with van der Waals surface area (Å²) in [4.78, 5) is 44.2. The SMILES string of the molecule is CC(C)(C)OC(=O)NC(C)(C)C(=O)N1CCN(C(=O)n2ccnc2)CC1. The molecule has 9 nitrogen and oxygen atoms in total. The summed E-state index contributed by atoms with van der Waals surface area (Å²) < 4.78 is 6.63. The minimum Gasteiger partial charge on any atom is -0.444 e. The Hall–Kier alpha value is -2.58. The normalized spacial score (nSPS) is 15.6. The summed E-state index contributed by atoms with van der Waals surface area (Å²) in [5.74, 6) is -0.210. The molecular formula is C17H27N5O4. The molecule has 144 valence electrons. The number of amides is 3. The maximum Gasteiger partial charge on any atom is 0.408 e. The van der Waals surface area contributed by atoms with Crippen molar-refractivity contribution in [1.29, 1.82) is 0 Å². The van der Waals surface area contributed by atoms with Crippen molar-refractivity contribution in [2.45, 2.75) is 45.8 Å². The van der Waals surface area contributed by atoms with Crippen molar-refractivity contribution >= 4 is 18.0 Å². The molecule has 1 aromatic heterocycles. The van der Waals surface area contributed by atoms with E-state index < -0.39 is 17.2 Å². The van der Waals surface area contributed by atoms with Crippen LogP contribution in [0, 0.1) is 0 Å². The fraction of sp³-hybridized carbons (Fsp3) is 0.647. The minimum atomic E-state index is -1.10. The average Bonchev–Trinajstić information content (AvgIpc) is 3.05. The summed E-state index contributed by atoms with van der Waals surface area (Å²) in [7, 11) is 0. The lowest BCUT2D eigenvalue weighted by Crippen LogP contribution is -2.60. The van der Waals surface area contributed by atoms with Crippen LogP contribution in [-0.4, -0.2) is 74.7 Å². The van der Waals surface area contributed by atoms with Crippen molar-refractivity contribution in [1.82, 2.24) is 24.7 Å². The lowest BCUT2D eigenvalue weighted by Gasteiger charge is -2.38. The third-order valence-corrected chi connectivity index (χ3v) is 3.91. The molecule has 0 radical (unpaired) electrons. The number of ether oxygens (including phenoxy) is 1. The van der Waals surface area contributed by atoms with Crippen LogP contribution in [0.25, 0.3) is 0 Å². The third-order valence-electron chi connectivity index (χ3n) is 3.91. The fourth-order valence-corrected chi connectivity index (χ4v) is 2.64. The predicted octanol–water partition coefficient (Wildman–Crippen LogP) is 1.30. The van der Waals surface area contributed by atoms with Gasteiger partial charge in [-0.1, -0.05) is 0 Å². The highest BCUT2D eigenvalue weighted by Gasteiger charge is 2.36. The molecule has 1 aliphatic rings. The van der Waals surface area contributed by atoms with Gasteiger partial charge in [-0.3, -0.25) is 9.36 Å². The van der Waals surface area contributed by atoms with Crippen LogP contribution in [0.2, 0.25) is 0 Å². The van der Waals surface area contributed by atoms with Gasteiger partial charge < -0.3 is 19.9 Å². The van der Waals surface area contributed by atoms with Gasteiger partial charge in [0, 0.05) is 38.6 Å². The molecule has 9 heteroatoms. The molecule has 1 N–H and O–H groups in total. The number of rotatable bonds is 2. The van der Waals surface area contributed by atoms with Crippen LogP contribution in [0.1, 0.15) is 34.6 Å². The van der Waals surface area contributed by atoms with Gasteiger partial charge in [0.2, 0.25) is 5.91 Å². The van der Waals surface area contributed by atoms with E-state index in [2.05, 4.69) is 10.3 Å². The quantitative estimate of drug-likeness (QED) is 0.852. The second kappa shape index (κ2) is 7.35. The van der Waals surface area contributed by atoms with E-state index in [4.69, 9.17) is 4.74 Å².